The van der Waals surface area contributed by atoms with Gasteiger partial charge in [0.25, 0.3) is 10.0 Å². The molecule has 0 saturated carbocycles. The molecule has 0 spiro atoms. The van der Waals surface area contributed by atoms with Gasteiger partial charge in [0.2, 0.25) is 11.8 Å². The topological polar surface area (TPSA) is 171 Å². The molecule has 1 fully saturated rings. The second-order valence-electron chi connectivity index (χ2n) is 7.29. The zero-order chi connectivity index (χ0) is 24.9. The summed E-state index contributed by atoms with van der Waals surface area (Å²) >= 11 is 0. The zero-order valence-corrected chi connectivity index (χ0v) is 18.8. The molecule has 12 nitrogen and oxygen atoms in total. The molecule has 34 heavy (non-hydrogen) atoms. The van der Waals surface area contributed by atoms with Crippen molar-refractivity contribution in [2.45, 2.75) is 18.2 Å². The minimum atomic E-state index is -3.93. The molecule has 0 bridgehead atoms. The largest absolute Gasteiger partial charge is 0.482 e. The molecule has 180 valence electrons. The molecule has 2 aromatic rings. The van der Waals surface area contributed by atoms with Crippen LogP contribution in [-0.2, 0) is 24.4 Å². The number of aryl methyl sites for hydroxylation is 1. The molecule has 1 saturated heterocycles. The average Bonchev–Trinajstić information content (AvgIpc) is 3.09. The number of benzene rings is 2. The van der Waals surface area contributed by atoms with E-state index < -0.39 is 40.4 Å². The van der Waals surface area contributed by atoms with E-state index in [1.807, 2.05) is 0 Å². The van der Waals surface area contributed by atoms with Gasteiger partial charge in [-0.1, -0.05) is 0 Å². The van der Waals surface area contributed by atoms with Gasteiger partial charge in [-0.05, 0) is 55.0 Å². The lowest BCUT2D eigenvalue weighted by Crippen LogP contribution is -2.33. The van der Waals surface area contributed by atoms with Crippen LogP contribution in [0.4, 0.5) is 16.2 Å². The molecule has 1 aliphatic rings. The van der Waals surface area contributed by atoms with Gasteiger partial charge in [-0.15, -0.1) is 0 Å². The number of rotatable bonds is 10. The Labute approximate surface area is 194 Å². The van der Waals surface area contributed by atoms with E-state index in [2.05, 4.69) is 15.4 Å². The Bertz CT molecular complexity index is 1210. The van der Waals surface area contributed by atoms with Crippen molar-refractivity contribution in [2.75, 3.05) is 29.7 Å². The van der Waals surface area contributed by atoms with Crippen molar-refractivity contribution in [3.8, 4) is 5.75 Å². The Morgan fingerprint density at radius 3 is 2.38 bits per heavy atom. The number of ether oxygens (including phenoxy) is 1. The van der Waals surface area contributed by atoms with Crippen LogP contribution >= 0.6 is 0 Å². The van der Waals surface area contributed by atoms with E-state index in [0.29, 0.717) is 11.3 Å². The number of nitrogens with one attached hydrogen (secondary N) is 3. The van der Waals surface area contributed by atoms with E-state index in [0.717, 1.165) is 4.90 Å². The first-order valence-corrected chi connectivity index (χ1v) is 11.5. The Hall–Kier alpha value is -4.13. The molecule has 3 rings (SSSR count). The number of hydrogen-bond donors (Lipinski definition) is 4. The molecule has 0 aromatic heterocycles. The van der Waals surface area contributed by atoms with E-state index in [4.69, 9.17) is 9.84 Å². The summed E-state index contributed by atoms with van der Waals surface area (Å²) in [7, 11) is -3.93. The number of carbonyl (C=O) groups is 4. The minimum absolute atomic E-state index is 0.0365. The summed E-state index contributed by atoms with van der Waals surface area (Å²) in [5.41, 5.74) is 1.11. The Morgan fingerprint density at radius 1 is 1.12 bits per heavy atom. The maximum atomic E-state index is 12.7. The Morgan fingerprint density at radius 2 is 1.79 bits per heavy atom. The predicted octanol–water partition coefficient (Wildman–Crippen LogP) is 1.14. The van der Waals surface area contributed by atoms with Gasteiger partial charge < -0.3 is 20.5 Å². The van der Waals surface area contributed by atoms with Crippen LogP contribution in [0.5, 0.6) is 5.75 Å². The monoisotopic (exact) mass is 490 g/mol. The van der Waals surface area contributed by atoms with Crippen molar-refractivity contribution >= 4 is 45.2 Å². The number of sulfonamides is 1. The third-order valence-electron chi connectivity index (χ3n) is 4.73. The summed E-state index contributed by atoms with van der Waals surface area (Å²) in [6, 6.07) is 9.42. The van der Waals surface area contributed by atoms with Crippen LogP contribution in [0.3, 0.4) is 0 Å². The van der Waals surface area contributed by atoms with Gasteiger partial charge in [-0.3, -0.25) is 19.2 Å². The number of carboxylic acid groups (broad SMARTS) is 1. The summed E-state index contributed by atoms with van der Waals surface area (Å²) in [4.78, 5) is 46.6. The molecular formula is C21H22N4O8S. The van der Waals surface area contributed by atoms with Crippen molar-refractivity contribution in [3.63, 3.8) is 0 Å². The van der Waals surface area contributed by atoms with Gasteiger partial charge in [0, 0.05) is 24.3 Å². The number of carbonyl (C=O) groups excluding carboxylic acids is 3. The first kappa shape index (κ1) is 24.5. The van der Waals surface area contributed by atoms with E-state index in [9.17, 15) is 27.6 Å². The summed E-state index contributed by atoms with van der Waals surface area (Å²) in [5.74, 6) is -1.70. The lowest BCUT2D eigenvalue weighted by atomic mass is 10.2. The summed E-state index contributed by atoms with van der Waals surface area (Å²) in [6.45, 7) is 0.924. The highest BCUT2D eigenvalue weighted by molar-refractivity contribution is 7.92. The van der Waals surface area contributed by atoms with Gasteiger partial charge in [-0.2, -0.15) is 0 Å². The normalized spacial score (nSPS) is 13.4. The fraction of sp³-hybridized carbons (Fsp3) is 0.238. The molecule has 1 aliphatic heterocycles. The highest BCUT2D eigenvalue weighted by atomic mass is 32.2. The number of aliphatic carboxylic acids is 1. The molecule has 0 unspecified atom stereocenters. The Kier molecular flexibility index (Phi) is 7.36. The fourth-order valence-electron chi connectivity index (χ4n) is 3.04. The van der Waals surface area contributed by atoms with Gasteiger partial charge in [0.1, 0.15) is 5.75 Å². The standard InChI is InChI=1S/C21H22N4O8S/c1-13-10-16(6-7-17(13)33-12-20(28)29)34(31,32)24-15-4-2-14(3-5-15)23-18(26)8-9-25-19(27)11-22-21(25)30/h2-7,10,24H,8-9,11-12H2,1H3,(H,22,30)(H,23,26)(H,28,29). The molecule has 4 amide bonds. The first-order valence-electron chi connectivity index (χ1n) is 10.0. The van der Waals surface area contributed by atoms with Crippen molar-refractivity contribution in [3.05, 3.63) is 48.0 Å². The van der Waals surface area contributed by atoms with E-state index in [1.54, 1.807) is 6.92 Å². The first-order chi connectivity index (χ1) is 16.0. The van der Waals surface area contributed by atoms with Crippen molar-refractivity contribution < 1.29 is 37.4 Å². The number of hydrogen-bond acceptors (Lipinski definition) is 7. The number of nitrogens with zero attached hydrogens (tertiary/aromatic N) is 1. The number of carboxylic acids is 1. The van der Waals surface area contributed by atoms with Crippen LogP contribution in [0.15, 0.2) is 47.4 Å². The number of amides is 4. The maximum Gasteiger partial charge on any atom is 0.341 e. The highest BCUT2D eigenvalue weighted by Gasteiger charge is 2.28. The van der Waals surface area contributed by atoms with Gasteiger partial charge in [0.05, 0.1) is 11.4 Å². The number of imide groups is 1. The van der Waals surface area contributed by atoms with E-state index in [1.165, 1.54) is 42.5 Å². The van der Waals surface area contributed by atoms with Crippen LogP contribution in [0.2, 0.25) is 0 Å². The quantitative estimate of drug-likeness (QED) is 0.359. The summed E-state index contributed by atoms with van der Waals surface area (Å²) < 4.78 is 32.9. The molecule has 4 N–H and O–H groups in total. The smallest absolute Gasteiger partial charge is 0.341 e. The number of anilines is 2. The molecule has 2 aromatic carbocycles. The van der Waals surface area contributed by atoms with Gasteiger partial charge >= 0.3 is 12.0 Å². The van der Waals surface area contributed by atoms with Crippen molar-refractivity contribution in [1.82, 2.24) is 10.2 Å². The maximum absolute atomic E-state index is 12.7. The molecule has 13 heteroatoms. The lowest BCUT2D eigenvalue weighted by Gasteiger charge is -2.13. The van der Waals surface area contributed by atoms with Crippen molar-refractivity contribution in [1.29, 1.82) is 0 Å². The van der Waals surface area contributed by atoms with E-state index in [-0.39, 0.29) is 35.8 Å². The van der Waals surface area contributed by atoms with Gasteiger partial charge in [-0.25, -0.2) is 18.0 Å². The highest BCUT2D eigenvalue weighted by Crippen LogP contribution is 2.24. The average molecular weight is 490 g/mol. The lowest BCUT2D eigenvalue weighted by molar-refractivity contribution is -0.139. The molecule has 1 heterocycles. The summed E-state index contributed by atoms with van der Waals surface area (Å²) in [6.07, 6.45) is -0.0843. The van der Waals surface area contributed by atoms with E-state index >= 15 is 0 Å². The predicted molar refractivity (Wildman–Crippen MR) is 120 cm³/mol. The number of urea groups is 1. The molecule has 0 radical (unpaired) electrons. The van der Waals surface area contributed by atoms with Crippen molar-refractivity contribution in [2.24, 2.45) is 0 Å². The fourth-order valence-corrected chi connectivity index (χ4v) is 4.19. The molecular weight excluding hydrogens is 468 g/mol. The molecule has 0 aliphatic carbocycles. The van der Waals surface area contributed by atoms with Crippen LogP contribution < -0.4 is 20.1 Å². The second kappa shape index (κ2) is 10.2. The minimum Gasteiger partial charge on any atom is -0.482 e. The van der Waals surface area contributed by atoms with Gasteiger partial charge in [0.15, 0.2) is 6.61 Å². The Balaban J connectivity index is 1.57. The third kappa shape index (κ3) is 6.22. The SMILES string of the molecule is Cc1cc(S(=O)(=O)Nc2ccc(NC(=O)CCN3C(=O)CNC3=O)cc2)ccc1OCC(=O)O. The van der Waals surface area contributed by atoms with Crippen LogP contribution in [0, 0.1) is 6.92 Å². The summed E-state index contributed by atoms with van der Waals surface area (Å²) in [5, 5.41) is 13.7. The molecule has 0 atom stereocenters. The third-order valence-corrected chi connectivity index (χ3v) is 6.11. The van der Waals surface area contributed by atoms with Crippen LogP contribution in [0.1, 0.15) is 12.0 Å². The van der Waals surface area contributed by atoms with Crippen LogP contribution in [-0.4, -0.2) is 61.9 Å². The zero-order valence-electron chi connectivity index (χ0n) is 18.0. The van der Waals surface area contributed by atoms with Crippen LogP contribution in [0.25, 0.3) is 0 Å². The second-order valence-corrected chi connectivity index (χ2v) is 8.98.